The van der Waals surface area contributed by atoms with Gasteiger partial charge in [-0.15, -0.1) is 0 Å². The summed E-state index contributed by atoms with van der Waals surface area (Å²) in [5, 5.41) is 3.29. The van der Waals surface area contributed by atoms with E-state index in [0.29, 0.717) is 6.54 Å². The van der Waals surface area contributed by atoms with E-state index < -0.39 is 0 Å². The molecule has 0 aliphatic carbocycles. The maximum absolute atomic E-state index is 11.9. The number of nitrogens with zero attached hydrogens (tertiary/aromatic N) is 1. The minimum Gasteiger partial charge on any atom is -0.342 e. The van der Waals surface area contributed by atoms with Crippen LogP contribution in [0.2, 0.25) is 0 Å². The summed E-state index contributed by atoms with van der Waals surface area (Å²) < 4.78 is 1.08. The van der Waals surface area contributed by atoms with Crippen molar-refractivity contribution in [1.82, 2.24) is 10.2 Å². The Morgan fingerprint density at radius 3 is 2.56 bits per heavy atom. The van der Waals surface area contributed by atoms with Gasteiger partial charge in [-0.25, -0.2) is 0 Å². The van der Waals surface area contributed by atoms with Crippen LogP contribution >= 0.6 is 15.9 Å². The van der Waals surface area contributed by atoms with E-state index in [4.69, 9.17) is 0 Å². The van der Waals surface area contributed by atoms with Crippen LogP contribution in [0.25, 0.3) is 0 Å². The highest BCUT2D eigenvalue weighted by Crippen LogP contribution is 2.16. The Morgan fingerprint density at radius 1 is 1.33 bits per heavy atom. The zero-order valence-electron chi connectivity index (χ0n) is 10.7. The monoisotopic (exact) mass is 310 g/mol. The van der Waals surface area contributed by atoms with Crippen LogP contribution in [0.5, 0.6) is 0 Å². The first-order valence-electron chi connectivity index (χ1n) is 6.43. The van der Waals surface area contributed by atoms with Crippen LogP contribution < -0.4 is 5.32 Å². The minimum absolute atomic E-state index is 0.199. The van der Waals surface area contributed by atoms with Crippen molar-refractivity contribution in [3.63, 3.8) is 0 Å². The topological polar surface area (TPSA) is 32.3 Å². The molecule has 1 aromatic carbocycles. The van der Waals surface area contributed by atoms with Crippen molar-refractivity contribution in [3.05, 3.63) is 34.3 Å². The van der Waals surface area contributed by atoms with Crippen molar-refractivity contribution in [1.29, 1.82) is 0 Å². The van der Waals surface area contributed by atoms with Crippen molar-refractivity contribution >= 4 is 21.8 Å². The summed E-state index contributed by atoms with van der Waals surface area (Å²) in [6, 6.07) is 8.39. The van der Waals surface area contributed by atoms with Gasteiger partial charge in [-0.1, -0.05) is 28.1 Å². The Balaban J connectivity index is 1.82. The molecule has 1 atom stereocenters. The Hall–Kier alpha value is -0.870. The van der Waals surface area contributed by atoms with Gasteiger partial charge >= 0.3 is 0 Å². The Bertz CT molecular complexity index is 399. The van der Waals surface area contributed by atoms with Gasteiger partial charge in [-0.3, -0.25) is 4.79 Å². The molecule has 1 N–H and O–H groups in total. The highest BCUT2D eigenvalue weighted by molar-refractivity contribution is 9.10. The van der Waals surface area contributed by atoms with E-state index in [1.54, 1.807) is 0 Å². The third-order valence-corrected chi connectivity index (χ3v) is 3.92. The summed E-state index contributed by atoms with van der Waals surface area (Å²) >= 11 is 3.42. The molecule has 1 unspecified atom stereocenters. The second-order valence-electron chi connectivity index (χ2n) is 4.74. The fourth-order valence-electron chi connectivity index (χ4n) is 2.19. The van der Waals surface area contributed by atoms with Crippen LogP contribution in [0.15, 0.2) is 28.7 Å². The third-order valence-electron chi connectivity index (χ3n) is 3.39. The van der Waals surface area contributed by atoms with E-state index in [1.807, 2.05) is 17.0 Å². The Labute approximate surface area is 117 Å². The van der Waals surface area contributed by atoms with Crippen LogP contribution in [-0.2, 0) is 4.79 Å². The third kappa shape index (κ3) is 3.56. The highest BCUT2D eigenvalue weighted by atomic mass is 79.9. The molecule has 18 heavy (non-hydrogen) atoms. The number of carbonyl (C=O) groups is 1. The summed E-state index contributed by atoms with van der Waals surface area (Å²) in [7, 11) is 0. The zero-order valence-corrected chi connectivity index (χ0v) is 12.2. The lowest BCUT2D eigenvalue weighted by atomic mass is 10.1. The predicted octanol–water partition coefficient (Wildman–Crippen LogP) is 2.72. The van der Waals surface area contributed by atoms with E-state index in [9.17, 15) is 4.79 Å². The molecule has 3 nitrogen and oxygen atoms in total. The van der Waals surface area contributed by atoms with Gasteiger partial charge in [0.1, 0.15) is 0 Å². The van der Waals surface area contributed by atoms with Gasteiger partial charge in [0.05, 0.1) is 6.54 Å². The van der Waals surface area contributed by atoms with Crippen LogP contribution in [0, 0.1) is 0 Å². The molecule has 4 heteroatoms. The number of benzene rings is 1. The molecule has 1 aliphatic heterocycles. The van der Waals surface area contributed by atoms with E-state index >= 15 is 0 Å². The number of halogens is 1. The second kappa shape index (κ2) is 6.34. The molecular weight excluding hydrogens is 292 g/mol. The van der Waals surface area contributed by atoms with Gasteiger partial charge in [0.15, 0.2) is 0 Å². The summed E-state index contributed by atoms with van der Waals surface area (Å²) in [5.74, 6) is 0.219. The summed E-state index contributed by atoms with van der Waals surface area (Å²) in [4.78, 5) is 13.8. The number of hydrogen-bond acceptors (Lipinski definition) is 2. The summed E-state index contributed by atoms with van der Waals surface area (Å²) in [5.41, 5.74) is 1.20. The van der Waals surface area contributed by atoms with Crippen LogP contribution in [-0.4, -0.2) is 30.4 Å². The maximum atomic E-state index is 11.9. The van der Waals surface area contributed by atoms with E-state index in [2.05, 4.69) is 40.3 Å². The second-order valence-corrected chi connectivity index (χ2v) is 5.66. The average molecular weight is 311 g/mol. The smallest absolute Gasteiger partial charge is 0.236 e. The van der Waals surface area contributed by atoms with Gasteiger partial charge in [0.2, 0.25) is 5.91 Å². The molecule has 2 rings (SSSR count). The number of nitrogens with one attached hydrogen (secondary N) is 1. The lowest BCUT2D eigenvalue weighted by molar-refractivity contribution is -0.129. The fraction of sp³-hybridized carbons (Fsp3) is 0.500. The SMILES string of the molecule is CC(NCC(=O)N1CCCC1)c1ccc(Br)cc1. The van der Waals surface area contributed by atoms with Crippen LogP contribution in [0.4, 0.5) is 0 Å². The molecule has 98 valence electrons. The molecule has 1 aliphatic rings. The maximum Gasteiger partial charge on any atom is 0.236 e. The van der Waals surface area contributed by atoms with Gasteiger partial charge in [-0.05, 0) is 37.5 Å². The van der Waals surface area contributed by atoms with Crippen molar-refractivity contribution in [3.8, 4) is 0 Å². The van der Waals surface area contributed by atoms with Crippen molar-refractivity contribution in [2.75, 3.05) is 19.6 Å². The van der Waals surface area contributed by atoms with Gasteiger partial charge in [0.25, 0.3) is 0 Å². The Kier molecular flexibility index (Phi) is 4.78. The van der Waals surface area contributed by atoms with Crippen molar-refractivity contribution < 1.29 is 4.79 Å². The molecule has 1 heterocycles. The summed E-state index contributed by atoms with van der Waals surface area (Å²) in [6.07, 6.45) is 2.29. The van der Waals surface area contributed by atoms with Crippen molar-refractivity contribution in [2.24, 2.45) is 0 Å². The predicted molar refractivity (Wildman–Crippen MR) is 76.4 cm³/mol. The molecule has 1 amide bonds. The van der Waals surface area contributed by atoms with E-state index in [-0.39, 0.29) is 11.9 Å². The molecule has 0 radical (unpaired) electrons. The number of rotatable bonds is 4. The molecule has 1 saturated heterocycles. The Morgan fingerprint density at radius 2 is 1.94 bits per heavy atom. The van der Waals surface area contributed by atoms with Crippen LogP contribution in [0.3, 0.4) is 0 Å². The first-order chi connectivity index (χ1) is 8.66. The number of amides is 1. The number of hydrogen-bond donors (Lipinski definition) is 1. The molecule has 0 bridgehead atoms. The molecule has 1 aromatic rings. The molecule has 1 fully saturated rings. The quantitative estimate of drug-likeness (QED) is 0.927. The molecular formula is C14H19BrN2O. The average Bonchev–Trinajstić information content (AvgIpc) is 2.90. The van der Waals surface area contributed by atoms with E-state index in [1.165, 1.54) is 5.56 Å². The van der Waals surface area contributed by atoms with Crippen LogP contribution in [0.1, 0.15) is 31.4 Å². The molecule has 0 spiro atoms. The fourth-order valence-corrected chi connectivity index (χ4v) is 2.45. The first-order valence-corrected chi connectivity index (χ1v) is 7.23. The first kappa shape index (κ1) is 13.6. The van der Waals surface area contributed by atoms with Gasteiger partial charge < -0.3 is 10.2 Å². The molecule has 0 aromatic heterocycles. The van der Waals surface area contributed by atoms with Gasteiger partial charge in [0, 0.05) is 23.6 Å². The largest absolute Gasteiger partial charge is 0.342 e. The van der Waals surface area contributed by atoms with Crippen molar-refractivity contribution in [2.45, 2.75) is 25.8 Å². The van der Waals surface area contributed by atoms with Gasteiger partial charge in [-0.2, -0.15) is 0 Å². The standard InChI is InChI=1S/C14H19BrN2O/c1-11(12-4-6-13(15)7-5-12)16-10-14(18)17-8-2-3-9-17/h4-7,11,16H,2-3,8-10H2,1H3. The number of likely N-dealkylation sites (tertiary alicyclic amines) is 1. The normalized spacial score (nSPS) is 16.9. The zero-order chi connectivity index (χ0) is 13.0. The number of carbonyl (C=O) groups excluding carboxylic acids is 1. The van der Waals surface area contributed by atoms with E-state index in [0.717, 1.165) is 30.4 Å². The highest BCUT2D eigenvalue weighted by Gasteiger charge is 2.18. The molecule has 0 saturated carbocycles. The lowest BCUT2D eigenvalue weighted by Crippen LogP contribution is -2.37. The summed E-state index contributed by atoms with van der Waals surface area (Å²) in [6.45, 7) is 4.36. The lowest BCUT2D eigenvalue weighted by Gasteiger charge is -2.18. The minimum atomic E-state index is 0.199.